The standard InChI is InChI=1S/C21H25FN4O5/c1-12(2)31-21(29)17(8-7-14(27)11-25-23)26-20(28)18(30-3)9-13-10-24-19-15(13)5-4-6-16(19)22/h4-6,10-12,17-18,24H,7-9H2,1-3H3,(H,26,28)/t17-,18-/m0/s1. The number of esters is 1. The first-order valence-electron chi connectivity index (χ1n) is 9.75. The van der Waals surface area contributed by atoms with Crippen molar-refractivity contribution < 1.29 is 33.0 Å². The van der Waals surface area contributed by atoms with Crippen LogP contribution in [-0.2, 0) is 30.3 Å². The summed E-state index contributed by atoms with van der Waals surface area (Å²) in [5.41, 5.74) is 9.44. The number of amides is 1. The number of H-pyrrole nitrogens is 1. The van der Waals surface area contributed by atoms with Gasteiger partial charge in [0.15, 0.2) is 0 Å². The van der Waals surface area contributed by atoms with Gasteiger partial charge in [0.05, 0.1) is 11.6 Å². The smallest absolute Gasteiger partial charge is 0.328 e. The van der Waals surface area contributed by atoms with Crippen molar-refractivity contribution in [1.29, 1.82) is 0 Å². The lowest BCUT2D eigenvalue weighted by molar-refractivity contribution is -0.152. The van der Waals surface area contributed by atoms with E-state index in [9.17, 15) is 18.8 Å². The van der Waals surface area contributed by atoms with Crippen LogP contribution in [0.25, 0.3) is 16.4 Å². The van der Waals surface area contributed by atoms with Crippen LogP contribution in [0.2, 0.25) is 0 Å². The minimum Gasteiger partial charge on any atom is -0.461 e. The first kappa shape index (κ1) is 23.9. The van der Waals surface area contributed by atoms with Gasteiger partial charge in [-0.2, -0.15) is 4.79 Å². The Balaban J connectivity index is 2.14. The molecule has 2 aromatic rings. The molecule has 9 nitrogen and oxygen atoms in total. The highest BCUT2D eigenvalue weighted by Crippen LogP contribution is 2.22. The molecule has 0 spiro atoms. The summed E-state index contributed by atoms with van der Waals surface area (Å²) in [7, 11) is 1.35. The zero-order valence-corrected chi connectivity index (χ0v) is 17.6. The molecule has 2 atom stereocenters. The molecule has 0 saturated heterocycles. The summed E-state index contributed by atoms with van der Waals surface area (Å²) in [4.78, 5) is 42.3. The summed E-state index contributed by atoms with van der Waals surface area (Å²) in [6, 6.07) is 3.54. The molecule has 1 aromatic carbocycles. The molecule has 1 aromatic heterocycles. The van der Waals surface area contributed by atoms with Crippen molar-refractivity contribution in [2.24, 2.45) is 0 Å². The van der Waals surface area contributed by atoms with Crippen LogP contribution in [0, 0.1) is 5.82 Å². The molecular weight excluding hydrogens is 407 g/mol. The van der Waals surface area contributed by atoms with E-state index in [1.54, 1.807) is 32.2 Å². The summed E-state index contributed by atoms with van der Waals surface area (Å²) in [5.74, 6) is -2.19. The lowest BCUT2D eigenvalue weighted by Crippen LogP contribution is -2.48. The van der Waals surface area contributed by atoms with Crippen LogP contribution in [0.3, 0.4) is 0 Å². The zero-order chi connectivity index (χ0) is 23.0. The fourth-order valence-electron chi connectivity index (χ4n) is 3.07. The van der Waals surface area contributed by atoms with E-state index in [1.807, 2.05) is 0 Å². The van der Waals surface area contributed by atoms with Crippen molar-refractivity contribution in [2.75, 3.05) is 7.11 Å². The third-order valence-electron chi connectivity index (χ3n) is 4.57. The number of halogens is 1. The van der Waals surface area contributed by atoms with Crippen LogP contribution in [0.1, 0.15) is 32.3 Å². The molecule has 1 heterocycles. The number of benzene rings is 1. The second kappa shape index (κ2) is 11.1. The molecule has 10 heteroatoms. The number of carbonyl (C=O) groups excluding carboxylic acids is 3. The van der Waals surface area contributed by atoms with Gasteiger partial charge in [0.2, 0.25) is 11.7 Å². The maximum absolute atomic E-state index is 13.9. The number of para-hydroxylation sites is 1. The van der Waals surface area contributed by atoms with Gasteiger partial charge in [0.25, 0.3) is 0 Å². The molecule has 0 bridgehead atoms. The van der Waals surface area contributed by atoms with E-state index in [-0.39, 0.29) is 19.3 Å². The molecule has 0 radical (unpaired) electrons. The quantitative estimate of drug-likeness (QED) is 0.242. The highest BCUT2D eigenvalue weighted by atomic mass is 19.1. The van der Waals surface area contributed by atoms with Gasteiger partial charge in [-0.15, -0.1) is 0 Å². The molecule has 0 fully saturated rings. The molecular formula is C21H25FN4O5. The number of aromatic amines is 1. The van der Waals surface area contributed by atoms with Gasteiger partial charge in [-0.1, -0.05) is 12.1 Å². The van der Waals surface area contributed by atoms with Crippen molar-refractivity contribution in [3.05, 3.63) is 41.3 Å². The number of hydrogen-bond donors (Lipinski definition) is 2. The Morgan fingerprint density at radius 1 is 1.32 bits per heavy atom. The van der Waals surface area contributed by atoms with E-state index < -0.39 is 41.7 Å². The number of aromatic nitrogens is 1. The van der Waals surface area contributed by atoms with Gasteiger partial charge >= 0.3 is 12.2 Å². The normalized spacial score (nSPS) is 12.8. The number of rotatable bonds is 11. The van der Waals surface area contributed by atoms with Crippen molar-refractivity contribution >= 4 is 34.8 Å². The number of carbonyl (C=O) groups is 3. The molecule has 0 unspecified atom stereocenters. The number of nitrogens with zero attached hydrogens (tertiary/aromatic N) is 2. The average molecular weight is 432 g/mol. The maximum atomic E-state index is 13.9. The number of methoxy groups -OCH3 is 1. The van der Waals surface area contributed by atoms with Crippen molar-refractivity contribution in [1.82, 2.24) is 10.3 Å². The van der Waals surface area contributed by atoms with Crippen molar-refractivity contribution in [3.63, 3.8) is 0 Å². The van der Waals surface area contributed by atoms with E-state index in [0.717, 1.165) is 6.21 Å². The number of fused-ring (bicyclic) bond motifs is 1. The van der Waals surface area contributed by atoms with Crippen LogP contribution in [0.15, 0.2) is 24.4 Å². The minimum atomic E-state index is -1.09. The molecule has 31 heavy (non-hydrogen) atoms. The van der Waals surface area contributed by atoms with E-state index in [2.05, 4.69) is 15.1 Å². The topological polar surface area (TPSA) is 134 Å². The van der Waals surface area contributed by atoms with Gasteiger partial charge < -0.3 is 25.3 Å². The molecule has 0 saturated carbocycles. The van der Waals surface area contributed by atoms with Crippen LogP contribution < -0.4 is 5.32 Å². The predicted molar refractivity (Wildman–Crippen MR) is 110 cm³/mol. The third kappa shape index (κ3) is 6.56. The largest absolute Gasteiger partial charge is 0.461 e. The zero-order valence-electron chi connectivity index (χ0n) is 17.6. The Hall–Kier alpha value is -3.36. The molecule has 166 valence electrons. The van der Waals surface area contributed by atoms with Gasteiger partial charge in [-0.05, 0) is 31.9 Å². The molecule has 2 rings (SSSR count). The summed E-state index contributed by atoms with van der Waals surface area (Å²) < 4.78 is 24.4. The fourth-order valence-corrected chi connectivity index (χ4v) is 3.07. The molecule has 1 amide bonds. The summed E-state index contributed by atoms with van der Waals surface area (Å²) >= 11 is 0. The maximum Gasteiger partial charge on any atom is 0.328 e. The van der Waals surface area contributed by atoms with E-state index in [1.165, 1.54) is 13.2 Å². The van der Waals surface area contributed by atoms with E-state index >= 15 is 0 Å². The van der Waals surface area contributed by atoms with E-state index in [0.29, 0.717) is 16.5 Å². The van der Waals surface area contributed by atoms with Crippen molar-refractivity contribution in [3.8, 4) is 0 Å². The first-order chi connectivity index (χ1) is 14.8. The Kier molecular flexibility index (Phi) is 8.60. The van der Waals surface area contributed by atoms with Gasteiger partial charge in [-0.25, -0.2) is 9.18 Å². The second-order valence-electron chi connectivity index (χ2n) is 7.20. The van der Waals surface area contributed by atoms with Gasteiger partial charge in [0, 0.05) is 31.5 Å². The minimum absolute atomic E-state index is 0.0448. The van der Waals surface area contributed by atoms with Gasteiger partial charge in [0.1, 0.15) is 18.0 Å². The second-order valence-corrected chi connectivity index (χ2v) is 7.20. The number of Topliss-reactive ketones (excluding diaryl/α,β-unsaturated/α-hetero) is 1. The number of nitrogens with one attached hydrogen (secondary N) is 2. The average Bonchev–Trinajstić information content (AvgIpc) is 3.12. The van der Waals surface area contributed by atoms with Crippen LogP contribution in [0.4, 0.5) is 4.39 Å². The molecule has 0 aliphatic rings. The van der Waals surface area contributed by atoms with E-state index in [4.69, 9.17) is 15.0 Å². The lowest BCUT2D eigenvalue weighted by atomic mass is 10.0. The van der Waals surface area contributed by atoms with Gasteiger partial charge in [-0.3, -0.25) is 9.59 Å². The molecule has 2 N–H and O–H groups in total. The molecule has 0 aliphatic carbocycles. The Labute approximate surface area is 178 Å². The summed E-state index contributed by atoms with van der Waals surface area (Å²) in [6.07, 6.45) is 0.893. The fraction of sp³-hybridized carbons (Fsp3) is 0.429. The first-order valence-corrected chi connectivity index (χ1v) is 9.75. The summed E-state index contributed by atoms with van der Waals surface area (Å²) in [6.45, 7) is 3.32. The highest BCUT2D eigenvalue weighted by molar-refractivity contribution is 6.25. The Morgan fingerprint density at radius 2 is 2.06 bits per heavy atom. The monoisotopic (exact) mass is 432 g/mol. The molecule has 0 aliphatic heterocycles. The van der Waals surface area contributed by atoms with Crippen LogP contribution in [0.5, 0.6) is 0 Å². The Morgan fingerprint density at radius 3 is 2.71 bits per heavy atom. The van der Waals surface area contributed by atoms with Crippen molar-refractivity contribution in [2.45, 2.75) is 51.4 Å². The van der Waals surface area contributed by atoms with Crippen LogP contribution in [-0.4, -0.2) is 59.0 Å². The van der Waals surface area contributed by atoms with Crippen LogP contribution >= 0.6 is 0 Å². The SMILES string of the molecule is CO[C@@H](Cc1c[nH]c2c(F)cccc12)C(=O)N[C@@H](CCC(=O)C=[N+]=[N-])C(=O)OC(C)C. The third-order valence-corrected chi connectivity index (χ3v) is 4.57. The highest BCUT2D eigenvalue weighted by Gasteiger charge is 2.28. The predicted octanol–water partition coefficient (Wildman–Crippen LogP) is 1.95. The number of ketones is 1. The number of hydrogen-bond acceptors (Lipinski definition) is 5. The summed E-state index contributed by atoms with van der Waals surface area (Å²) in [5, 5.41) is 3.19. The Bertz CT molecular complexity index is 997. The lowest BCUT2D eigenvalue weighted by Gasteiger charge is -2.21. The number of ether oxygens (including phenoxy) is 2.